The predicted molar refractivity (Wildman–Crippen MR) is 94.6 cm³/mol. The van der Waals surface area contributed by atoms with E-state index in [0.717, 1.165) is 25.4 Å². The van der Waals surface area contributed by atoms with Gasteiger partial charge in [0.05, 0.1) is 0 Å². The van der Waals surface area contributed by atoms with Gasteiger partial charge >= 0.3 is 0 Å². The molecule has 1 fully saturated rings. The third-order valence-electron chi connectivity index (χ3n) is 4.37. The fourth-order valence-corrected chi connectivity index (χ4v) is 3.00. The summed E-state index contributed by atoms with van der Waals surface area (Å²) in [4.78, 5) is 0. The average Bonchev–Trinajstić information content (AvgIpc) is 2.88. The summed E-state index contributed by atoms with van der Waals surface area (Å²) in [5.41, 5.74) is 2.44. The molecule has 1 unspecified atom stereocenters. The van der Waals surface area contributed by atoms with Crippen LogP contribution < -0.4 is 15.4 Å². The van der Waals surface area contributed by atoms with Crippen molar-refractivity contribution >= 4 is 0 Å². The Morgan fingerprint density at radius 2 is 1.78 bits per heavy atom. The molecule has 0 aliphatic carbocycles. The molecular weight excluding hydrogens is 284 g/mol. The van der Waals surface area contributed by atoms with E-state index in [2.05, 4.69) is 41.0 Å². The van der Waals surface area contributed by atoms with Crippen LogP contribution in [-0.2, 0) is 13.2 Å². The van der Waals surface area contributed by atoms with Crippen molar-refractivity contribution in [3.63, 3.8) is 0 Å². The second-order valence-electron chi connectivity index (χ2n) is 6.14. The smallest absolute Gasteiger partial charge is 0.124 e. The Bertz CT molecular complexity index is 577. The number of para-hydroxylation sites is 1. The molecule has 1 aliphatic heterocycles. The molecule has 3 heteroatoms. The molecule has 1 saturated heterocycles. The van der Waals surface area contributed by atoms with Gasteiger partial charge in [-0.1, -0.05) is 48.5 Å². The molecule has 0 bridgehead atoms. The SMILES string of the molecule is c1ccc(COc2ccccc2CNC2CCCNCC2)cc1. The van der Waals surface area contributed by atoms with Crippen LogP contribution in [-0.4, -0.2) is 19.1 Å². The summed E-state index contributed by atoms with van der Waals surface area (Å²) in [6.45, 7) is 3.75. The van der Waals surface area contributed by atoms with Crippen molar-refractivity contribution in [3.8, 4) is 5.75 Å². The lowest BCUT2D eigenvalue weighted by atomic mass is 10.1. The van der Waals surface area contributed by atoms with Crippen LogP contribution in [0.1, 0.15) is 30.4 Å². The van der Waals surface area contributed by atoms with Gasteiger partial charge in [0, 0.05) is 18.2 Å². The first kappa shape index (κ1) is 16.0. The fraction of sp³-hybridized carbons (Fsp3) is 0.400. The van der Waals surface area contributed by atoms with Crippen molar-refractivity contribution in [3.05, 3.63) is 65.7 Å². The van der Waals surface area contributed by atoms with Gasteiger partial charge in [0.25, 0.3) is 0 Å². The van der Waals surface area contributed by atoms with Gasteiger partial charge in [-0.05, 0) is 44.0 Å². The van der Waals surface area contributed by atoms with E-state index in [1.165, 1.54) is 30.4 Å². The lowest BCUT2D eigenvalue weighted by molar-refractivity contribution is 0.301. The van der Waals surface area contributed by atoms with Gasteiger partial charge in [-0.15, -0.1) is 0 Å². The largest absolute Gasteiger partial charge is 0.489 e. The zero-order valence-corrected chi connectivity index (χ0v) is 13.6. The van der Waals surface area contributed by atoms with Crippen LogP contribution in [0.2, 0.25) is 0 Å². The lowest BCUT2D eigenvalue weighted by Crippen LogP contribution is -2.29. The summed E-state index contributed by atoms with van der Waals surface area (Å²) in [5.74, 6) is 0.982. The topological polar surface area (TPSA) is 33.3 Å². The van der Waals surface area contributed by atoms with E-state index in [9.17, 15) is 0 Å². The van der Waals surface area contributed by atoms with E-state index in [1.54, 1.807) is 0 Å². The van der Waals surface area contributed by atoms with Crippen LogP contribution in [0.15, 0.2) is 54.6 Å². The quantitative estimate of drug-likeness (QED) is 0.857. The van der Waals surface area contributed by atoms with E-state index in [0.29, 0.717) is 12.6 Å². The number of benzene rings is 2. The maximum absolute atomic E-state index is 6.04. The average molecular weight is 310 g/mol. The molecule has 3 rings (SSSR count). The fourth-order valence-electron chi connectivity index (χ4n) is 3.00. The zero-order chi connectivity index (χ0) is 15.7. The molecule has 0 amide bonds. The minimum absolute atomic E-state index is 0.604. The predicted octanol–water partition coefficient (Wildman–Crippen LogP) is 3.50. The van der Waals surface area contributed by atoms with Gasteiger partial charge in [-0.3, -0.25) is 0 Å². The second kappa shape index (κ2) is 8.70. The van der Waals surface area contributed by atoms with Crippen molar-refractivity contribution in [2.45, 2.75) is 38.5 Å². The monoisotopic (exact) mass is 310 g/mol. The van der Waals surface area contributed by atoms with Crippen LogP contribution in [0.5, 0.6) is 5.75 Å². The Balaban J connectivity index is 1.56. The van der Waals surface area contributed by atoms with E-state index in [4.69, 9.17) is 4.74 Å². The molecule has 0 aromatic heterocycles. The van der Waals surface area contributed by atoms with E-state index in [-0.39, 0.29) is 0 Å². The number of ether oxygens (including phenoxy) is 1. The van der Waals surface area contributed by atoms with Crippen molar-refractivity contribution in [1.29, 1.82) is 0 Å². The molecule has 1 aliphatic rings. The van der Waals surface area contributed by atoms with Crippen LogP contribution in [0, 0.1) is 0 Å². The Morgan fingerprint density at radius 1 is 0.957 bits per heavy atom. The molecule has 0 radical (unpaired) electrons. The van der Waals surface area contributed by atoms with E-state index in [1.807, 2.05) is 24.3 Å². The summed E-state index contributed by atoms with van der Waals surface area (Å²) >= 11 is 0. The van der Waals surface area contributed by atoms with Crippen LogP contribution >= 0.6 is 0 Å². The van der Waals surface area contributed by atoms with Gasteiger partial charge in [-0.25, -0.2) is 0 Å². The van der Waals surface area contributed by atoms with Gasteiger partial charge in [0.2, 0.25) is 0 Å². The van der Waals surface area contributed by atoms with Crippen molar-refractivity contribution in [2.75, 3.05) is 13.1 Å². The molecule has 23 heavy (non-hydrogen) atoms. The normalized spacial score (nSPS) is 18.3. The minimum Gasteiger partial charge on any atom is -0.489 e. The molecule has 2 aromatic rings. The summed E-state index contributed by atoms with van der Waals surface area (Å²) in [6, 6.07) is 19.3. The van der Waals surface area contributed by atoms with Gasteiger partial charge < -0.3 is 15.4 Å². The number of rotatable bonds is 6. The standard InChI is InChI=1S/C20H26N2O/c1-2-7-17(8-3-1)16-23-20-11-5-4-9-18(20)15-22-19-10-6-13-21-14-12-19/h1-5,7-9,11,19,21-22H,6,10,12-16H2. The summed E-state index contributed by atoms with van der Waals surface area (Å²) in [5, 5.41) is 7.16. The van der Waals surface area contributed by atoms with E-state index >= 15 is 0 Å². The third kappa shape index (κ3) is 5.08. The lowest BCUT2D eigenvalue weighted by Gasteiger charge is -2.18. The highest BCUT2D eigenvalue weighted by Crippen LogP contribution is 2.20. The highest BCUT2D eigenvalue weighted by Gasteiger charge is 2.12. The Morgan fingerprint density at radius 3 is 2.70 bits per heavy atom. The summed E-state index contributed by atoms with van der Waals surface area (Å²) < 4.78 is 6.04. The third-order valence-corrected chi connectivity index (χ3v) is 4.37. The van der Waals surface area contributed by atoms with Crippen LogP contribution in [0.4, 0.5) is 0 Å². The summed E-state index contributed by atoms with van der Waals surface area (Å²) in [7, 11) is 0. The first-order valence-corrected chi connectivity index (χ1v) is 8.60. The van der Waals surface area contributed by atoms with E-state index < -0.39 is 0 Å². The molecule has 2 aromatic carbocycles. The molecule has 0 saturated carbocycles. The van der Waals surface area contributed by atoms with Gasteiger partial charge in [0.1, 0.15) is 12.4 Å². The molecule has 122 valence electrons. The van der Waals surface area contributed by atoms with Crippen molar-refractivity contribution in [1.82, 2.24) is 10.6 Å². The van der Waals surface area contributed by atoms with Crippen LogP contribution in [0.25, 0.3) is 0 Å². The maximum atomic E-state index is 6.04. The minimum atomic E-state index is 0.604. The molecule has 3 nitrogen and oxygen atoms in total. The van der Waals surface area contributed by atoms with Crippen molar-refractivity contribution in [2.24, 2.45) is 0 Å². The van der Waals surface area contributed by atoms with Crippen LogP contribution in [0.3, 0.4) is 0 Å². The first-order valence-electron chi connectivity index (χ1n) is 8.60. The Hall–Kier alpha value is -1.84. The van der Waals surface area contributed by atoms with Gasteiger partial charge in [0.15, 0.2) is 0 Å². The molecule has 1 atom stereocenters. The molecule has 1 heterocycles. The molecule has 0 spiro atoms. The van der Waals surface area contributed by atoms with Crippen molar-refractivity contribution < 1.29 is 4.74 Å². The van der Waals surface area contributed by atoms with Gasteiger partial charge in [-0.2, -0.15) is 0 Å². The highest BCUT2D eigenvalue weighted by atomic mass is 16.5. The Kier molecular flexibility index (Phi) is 6.07. The second-order valence-corrected chi connectivity index (χ2v) is 6.14. The Labute approximate surface area is 139 Å². The molecular formula is C20H26N2O. The number of nitrogens with one attached hydrogen (secondary N) is 2. The highest BCUT2D eigenvalue weighted by molar-refractivity contribution is 5.33. The zero-order valence-electron chi connectivity index (χ0n) is 13.6. The molecule has 2 N–H and O–H groups in total. The first-order chi connectivity index (χ1) is 11.4. The maximum Gasteiger partial charge on any atom is 0.124 e. The number of hydrogen-bond donors (Lipinski definition) is 2. The number of hydrogen-bond acceptors (Lipinski definition) is 3. The summed E-state index contributed by atoms with van der Waals surface area (Å²) in [6.07, 6.45) is 3.71.